The molecule has 2 bridgehead atoms. The number of carbonyl (C=O) groups is 1. The van der Waals surface area contributed by atoms with Crippen molar-refractivity contribution in [2.24, 2.45) is 5.92 Å². The number of fused-ring (bicyclic) bond motifs is 4. The smallest absolute Gasteiger partial charge is 0.250 e. The molecule has 1 saturated heterocycles. The number of rotatable bonds is 3. The lowest BCUT2D eigenvalue weighted by Crippen LogP contribution is -2.48. The zero-order valence-electron chi connectivity index (χ0n) is 17.6. The lowest BCUT2D eigenvalue weighted by Gasteiger charge is -2.43. The first-order valence-electron chi connectivity index (χ1n) is 10.3. The van der Waals surface area contributed by atoms with Gasteiger partial charge < -0.3 is 14.8 Å². The molecule has 3 heterocycles. The number of piperidine rings is 1. The van der Waals surface area contributed by atoms with Gasteiger partial charge in [0.2, 0.25) is 5.91 Å². The van der Waals surface area contributed by atoms with Gasteiger partial charge in [-0.15, -0.1) is 0 Å². The summed E-state index contributed by atoms with van der Waals surface area (Å²) in [6, 6.07) is 11.6. The molecule has 1 N–H and O–H groups in total. The van der Waals surface area contributed by atoms with Crippen molar-refractivity contribution >= 4 is 39.9 Å². The van der Waals surface area contributed by atoms with Crippen LogP contribution >= 0.6 is 24.0 Å². The number of amides is 1. The van der Waals surface area contributed by atoms with E-state index in [1.807, 2.05) is 49.6 Å². The maximum Gasteiger partial charge on any atom is 0.250 e. The summed E-state index contributed by atoms with van der Waals surface area (Å²) in [5.41, 5.74) is 4.21. The van der Waals surface area contributed by atoms with E-state index in [4.69, 9.17) is 12.2 Å². The predicted octanol–water partition coefficient (Wildman–Crippen LogP) is 3.93. The second-order valence-corrected chi connectivity index (χ2v) is 10.4. The van der Waals surface area contributed by atoms with E-state index in [2.05, 4.69) is 16.3 Å². The standard InChI is InChI=1S/C23H27N3O2S2/c1-14-7-8-15(2)19(9-14)24-22(28)16(3)30-23(29)25-11-17-10-18(13-25)20-5-4-6-21(27)26(20)12-17/h4-9,16-18H,10-13H2,1-3H3,(H,24,28). The van der Waals surface area contributed by atoms with Crippen molar-refractivity contribution in [2.75, 3.05) is 18.4 Å². The van der Waals surface area contributed by atoms with Crippen molar-refractivity contribution in [2.45, 2.75) is 44.9 Å². The average Bonchev–Trinajstić information content (AvgIpc) is 2.71. The number of thiocarbonyl (C=S) groups is 1. The summed E-state index contributed by atoms with van der Waals surface area (Å²) in [7, 11) is 0. The number of anilines is 1. The lowest BCUT2D eigenvalue weighted by molar-refractivity contribution is -0.115. The van der Waals surface area contributed by atoms with Crippen LogP contribution in [0.2, 0.25) is 0 Å². The van der Waals surface area contributed by atoms with Crippen LogP contribution in [-0.4, -0.2) is 38.0 Å². The number of pyridine rings is 1. The van der Waals surface area contributed by atoms with Gasteiger partial charge in [-0.3, -0.25) is 9.59 Å². The number of hydrogen-bond acceptors (Lipinski definition) is 4. The van der Waals surface area contributed by atoms with Crippen LogP contribution in [0.5, 0.6) is 0 Å². The minimum atomic E-state index is -0.283. The van der Waals surface area contributed by atoms with Crippen molar-refractivity contribution in [3.8, 4) is 0 Å². The molecule has 0 radical (unpaired) electrons. The number of nitrogens with one attached hydrogen (secondary N) is 1. The van der Waals surface area contributed by atoms with Crippen molar-refractivity contribution in [1.82, 2.24) is 9.47 Å². The first kappa shape index (κ1) is 21.1. The van der Waals surface area contributed by atoms with E-state index in [0.717, 1.165) is 52.9 Å². The van der Waals surface area contributed by atoms with E-state index in [1.165, 1.54) is 11.8 Å². The molecular weight excluding hydrogens is 414 g/mol. The molecule has 5 nitrogen and oxygen atoms in total. The van der Waals surface area contributed by atoms with Crippen LogP contribution in [0.25, 0.3) is 0 Å². The minimum absolute atomic E-state index is 0.0369. The summed E-state index contributed by atoms with van der Waals surface area (Å²) in [6.07, 6.45) is 1.09. The second-order valence-electron chi connectivity index (χ2n) is 8.44. The zero-order valence-corrected chi connectivity index (χ0v) is 19.2. The molecule has 0 saturated carbocycles. The molecule has 1 fully saturated rings. The molecular formula is C23H27N3O2S2. The number of likely N-dealkylation sites (tertiary alicyclic amines) is 1. The molecule has 0 spiro atoms. The average molecular weight is 442 g/mol. The Hall–Kier alpha value is -2.12. The topological polar surface area (TPSA) is 54.3 Å². The van der Waals surface area contributed by atoms with Crippen molar-refractivity contribution in [1.29, 1.82) is 0 Å². The Morgan fingerprint density at radius 1 is 1.20 bits per heavy atom. The van der Waals surface area contributed by atoms with Crippen LogP contribution in [-0.2, 0) is 11.3 Å². The number of hydrogen-bond donors (Lipinski definition) is 1. The third-order valence-electron chi connectivity index (χ3n) is 6.04. The van der Waals surface area contributed by atoms with Crippen LogP contribution in [0.4, 0.5) is 5.69 Å². The van der Waals surface area contributed by atoms with Crippen LogP contribution in [0, 0.1) is 19.8 Å². The Labute approximate surface area is 186 Å². The minimum Gasteiger partial charge on any atom is -0.356 e. The summed E-state index contributed by atoms with van der Waals surface area (Å²) in [4.78, 5) is 27.2. The first-order valence-corrected chi connectivity index (χ1v) is 11.6. The van der Waals surface area contributed by atoms with Gasteiger partial charge >= 0.3 is 0 Å². The van der Waals surface area contributed by atoms with Crippen LogP contribution in [0.1, 0.15) is 36.1 Å². The molecule has 1 aromatic carbocycles. The number of carbonyl (C=O) groups excluding carboxylic acids is 1. The highest BCUT2D eigenvalue weighted by molar-refractivity contribution is 8.23. The molecule has 158 valence electrons. The summed E-state index contributed by atoms with van der Waals surface area (Å²) < 4.78 is 2.69. The van der Waals surface area contributed by atoms with Crippen LogP contribution in [0.3, 0.4) is 0 Å². The molecule has 2 aliphatic rings. The number of aryl methyl sites for hydroxylation is 2. The quantitative estimate of drug-likeness (QED) is 0.732. The summed E-state index contributed by atoms with van der Waals surface area (Å²) in [5, 5.41) is 2.76. The van der Waals surface area contributed by atoms with E-state index >= 15 is 0 Å². The highest BCUT2D eigenvalue weighted by Crippen LogP contribution is 2.36. The molecule has 3 unspecified atom stereocenters. The third-order valence-corrected chi connectivity index (χ3v) is 7.61. The van der Waals surface area contributed by atoms with Crippen molar-refractivity contribution in [3.63, 3.8) is 0 Å². The maximum atomic E-state index is 12.7. The van der Waals surface area contributed by atoms with Gasteiger partial charge in [0, 0.05) is 43.0 Å². The van der Waals surface area contributed by atoms with Crippen LogP contribution in [0.15, 0.2) is 41.2 Å². The van der Waals surface area contributed by atoms with Gasteiger partial charge in [-0.1, -0.05) is 42.2 Å². The van der Waals surface area contributed by atoms with Gasteiger partial charge in [0.25, 0.3) is 5.56 Å². The van der Waals surface area contributed by atoms with Gasteiger partial charge in [0.1, 0.15) is 4.32 Å². The highest BCUT2D eigenvalue weighted by atomic mass is 32.2. The summed E-state index contributed by atoms with van der Waals surface area (Å²) in [6.45, 7) is 8.30. The molecule has 0 aliphatic carbocycles. The Morgan fingerprint density at radius 2 is 2.00 bits per heavy atom. The zero-order chi connectivity index (χ0) is 21.4. The van der Waals surface area contributed by atoms with E-state index in [9.17, 15) is 9.59 Å². The summed E-state index contributed by atoms with van der Waals surface area (Å²) >= 11 is 7.17. The largest absolute Gasteiger partial charge is 0.356 e. The molecule has 3 atom stereocenters. The fraction of sp³-hybridized carbons (Fsp3) is 0.435. The Morgan fingerprint density at radius 3 is 2.80 bits per heavy atom. The number of nitrogens with zero attached hydrogens (tertiary/aromatic N) is 2. The van der Waals surface area contributed by atoms with Crippen molar-refractivity contribution < 1.29 is 4.79 Å². The monoisotopic (exact) mass is 441 g/mol. The van der Waals surface area contributed by atoms with E-state index in [1.54, 1.807) is 6.07 Å². The SMILES string of the molecule is Cc1ccc(C)c(NC(=O)C(C)SC(=S)N2CC3CC(C2)c2cccc(=O)n2C3)c1. The predicted molar refractivity (Wildman–Crippen MR) is 127 cm³/mol. The fourth-order valence-electron chi connectivity index (χ4n) is 4.43. The number of thioether (sulfide) groups is 1. The Bertz CT molecular complexity index is 1050. The Kier molecular flexibility index (Phi) is 6.02. The van der Waals surface area contributed by atoms with Gasteiger partial charge in [0.15, 0.2) is 0 Å². The van der Waals surface area contributed by atoms with Gasteiger partial charge in [-0.25, -0.2) is 0 Å². The third kappa shape index (κ3) is 4.32. The fourth-order valence-corrected chi connectivity index (χ4v) is 5.78. The summed E-state index contributed by atoms with van der Waals surface area (Å²) in [5.74, 6) is 0.683. The number of benzene rings is 1. The van der Waals surface area contributed by atoms with E-state index in [-0.39, 0.29) is 16.7 Å². The lowest BCUT2D eigenvalue weighted by atomic mass is 9.83. The van der Waals surface area contributed by atoms with Gasteiger partial charge in [-0.2, -0.15) is 0 Å². The normalized spacial score (nSPS) is 21.0. The molecule has 1 aromatic heterocycles. The molecule has 2 aliphatic heterocycles. The van der Waals surface area contributed by atoms with Crippen LogP contribution < -0.4 is 10.9 Å². The van der Waals surface area contributed by atoms with Crippen molar-refractivity contribution in [3.05, 3.63) is 63.6 Å². The van der Waals surface area contributed by atoms with E-state index < -0.39 is 0 Å². The highest BCUT2D eigenvalue weighted by Gasteiger charge is 2.35. The van der Waals surface area contributed by atoms with Gasteiger partial charge in [-0.05, 0) is 56.4 Å². The molecule has 4 rings (SSSR count). The second kappa shape index (κ2) is 8.55. The molecule has 2 aromatic rings. The van der Waals surface area contributed by atoms with E-state index in [0.29, 0.717) is 11.8 Å². The molecule has 7 heteroatoms. The number of aromatic nitrogens is 1. The first-order chi connectivity index (χ1) is 14.3. The maximum absolute atomic E-state index is 12.7. The van der Waals surface area contributed by atoms with Gasteiger partial charge in [0.05, 0.1) is 5.25 Å². The Balaban J connectivity index is 1.40. The molecule has 1 amide bonds. The molecule has 30 heavy (non-hydrogen) atoms.